The number of rotatable bonds is 6. The summed E-state index contributed by atoms with van der Waals surface area (Å²) in [5, 5.41) is 2.94. The molecule has 1 aliphatic carbocycles. The van der Waals surface area contributed by atoms with E-state index in [2.05, 4.69) is 5.32 Å². The molecule has 1 aliphatic heterocycles. The number of hydrogen-bond acceptors (Lipinski definition) is 5. The molecule has 0 bridgehead atoms. The molecule has 1 N–H and O–H groups in total. The average Bonchev–Trinajstić information content (AvgIpc) is 3.04. The first kappa shape index (κ1) is 22.7. The Morgan fingerprint density at radius 1 is 1.03 bits per heavy atom. The fraction of sp³-hybridized carbons (Fsp3) is 0.636. The highest BCUT2D eigenvalue weighted by atomic mass is 32.2. The molecule has 0 aromatic heterocycles. The van der Waals surface area contributed by atoms with Crippen LogP contribution in [-0.4, -0.2) is 49.8 Å². The summed E-state index contributed by atoms with van der Waals surface area (Å²) in [5.74, 6) is -1.02. The van der Waals surface area contributed by atoms with Crippen LogP contribution >= 0.6 is 0 Å². The van der Waals surface area contributed by atoms with Gasteiger partial charge in [0.1, 0.15) is 0 Å². The van der Waals surface area contributed by atoms with E-state index in [1.807, 2.05) is 0 Å². The molecule has 1 saturated heterocycles. The highest BCUT2D eigenvalue weighted by Gasteiger charge is 2.27. The molecule has 1 heterocycles. The lowest BCUT2D eigenvalue weighted by atomic mass is 9.95. The van der Waals surface area contributed by atoms with Crippen LogP contribution < -0.4 is 5.32 Å². The van der Waals surface area contributed by atoms with Crippen molar-refractivity contribution in [2.45, 2.75) is 81.8 Å². The molecular formula is C22H32N2O5S. The predicted octanol–water partition coefficient (Wildman–Crippen LogP) is 3.25. The van der Waals surface area contributed by atoms with Crippen molar-refractivity contribution in [1.29, 1.82) is 0 Å². The largest absolute Gasteiger partial charge is 0.449 e. The van der Waals surface area contributed by atoms with E-state index >= 15 is 0 Å². The summed E-state index contributed by atoms with van der Waals surface area (Å²) < 4.78 is 32.8. The van der Waals surface area contributed by atoms with Gasteiger partial charge < -0.3 is 10.1 Å². The first-order valence-corrected chi connectivity index (χ1v) is 12.4. The Bertz CT molecular complexity index is 841. The Morgan fingerprint density at radius 3 is 2.33 bits per heavy atom. The van der Waals surface area contributed by atoms with E-state index in [4.69, 9.17) is 4.74 Å². The van der Waals surface area contributed by atoms with E-state index in [1.54, 1.807) is 0 Å². The fourth-order valence-corrected chi connectivity index (χ4v) is 5.63. The summed E-state index contributed by atoms with van der Waals surface area (Å²) in [5.41, 5.74) is 0.128. The van der Waals surface area contributed by atoms with Crippen molar-refractivity contribution >= 4 is 21.9 Å². The van der Waals surface area contributed by atoms with Crippen LogP contribution in [-0.2, 0) is 19.6 Å². The van der Waals surface area contributed by atoms with Crippen molar-refractivity contribution in [2.75, 3.05) is 13.1 Å². The van der Waals surface area contributed by atoms with Crippen LogP contribution in [0.2, 0.25) is 0 Å². The molecule has 0 spiro atoms. The number of esters is 1. The number of ether oxygens (including phenoxy) is 1. The lowest BCUT2D eigenvalue weighted by Gasteiger charge is -2.24. The monoisotopic (exact) mass is 436 g/mol. The van der Waals surface area contributed by atoms with Crippen molar-refractivity contribution < 1.29 is 22.7 Å². The third-order valence-corrected chi connectivity index (χ3v) is 7.77. The minimum Gasteiger partial charge on any atom is -0.449 e. The first-order valence-electron chi connectivity index (χ1n) is 11.0. The van der Waals surface area contributed by atoms with Crippen LogP contribution in [0.1, 0.15) is 75.1 Å². The molecular weight excluding hydrogens is 404 g/mol. The maximum absolute atomic E-state index is 13.0. The van der Waals surface area contributed by atoms with E-state index in [0.717, 1.165) is 51.4 Å². The number of sulfonamides is 1. The Labute approximate surface area is 179 Å². The zero-order chi connectivity index (χ0) is 21.6. The number of benzene rings is 1. The smallest absolute Gasteiger partial charge is 0.338 e. The van der Waals surface area contributed by atoms with Crippen LogP contribution in [0, 0.1) is 0 Å². The van der Waals surface area contributed by atoms with Crippen LogP contribution in [0.25, 0.3) is 0 Å². The molecule has 1 saturated carbocycles. The number of nitrogens with zero attached hydrogens (tertiary/aromatic N) is 1. The van der Waals surface area contributed by atoms with Crippen LogP contribution in [0.15, 0.2) is 29.2 Å². The van der Waals surface area contributed by atoms with E-state index in [1.165, 1.54) is 41.9 Å². The minimum atomic E-state index is -3.66. The summed E-state index contributed by atoms with van der Waals surface area (Å²) in [6, 6.07) is 6.02. The molecule has 8 heteroatoms. The number of hydrogen-bond donors (Lipinski definition) is 1. The van der Waals surface area contributed by atoms with Crippen molar-refractivity contribution in [1.82, 2.24) is 9.62 Å². The second-order valence-electron chi connectivity index (χ2n) is 8.24. The first-order chi connectivity index (χ1) is 14.4. The zero-order valence-electron chi connectivity index (χ0n) is 17.6. The summed E-state index contributed by atoms with van der Waals surface area (Å²) in [6.07, 6.45) is 8.07. The summed E-state index contributed by atoms with van der Waals surface area (Å²) in [4.78, 5) is 25.0. The zero-order valence-corrected chi connectivity index (χ0v) is 18.5. The van der Waals surface area contributed by atoms with Crippen molar-refractivity contribution in [3.05, 3.63) is 29.8 Å². The van der Waals surface area contributed by atoms with Gasteiger partial charge >= 0.3 is 5.97 Å². The third-order valence-electron chi connectivity index (χ3n) is 5.88. The molecule has 1 atom stereocenters. The van der Waals surface area contributed by atoms with Crippen LogP contribution in [0.4, 0.5) is 0 Å². The van der Waals surface area contributed by atoms with E-state index in [-0.39, 0.29) is 22.4 Å². The molecule has 7 nitrogen and oxygen atoms in total. The maximum atomic E-state index is 13.0. The normalized spacial score (nSPS) is 20.2. The molecule has 1 unspecified atom stereocenters. The molecule has 3 rings (SSSR count). The van der Waals surface area contributed by atoms with Crippen LogP contribution in [0.3, 0.4) is 0 Å². The van der Waals surface area contributed by atoms with E-state index in [9.17, 15) is 18.0 Å². The van der Waals surface area contributed by atoms with Gasteiger partial charge in [-0.05, 0) is 50.8 Å². The van der Waals surface area contributed by atoms with Gasteiger partial charge in [0.05, 0.1) is 10.5 Å². The molecule has 0 radical (unpaired) electrons. The summed E-state index contributed by atoms with van der Waals surface area (Å²) in [6.45, 7) is 2.53. The van der Waals surface area contributed by atoms with Gasteiger partial charge in [-0.2, -0.15) is 4.31 Å². The topological polar surface area (TPSA) is 92.8 Å². The minimum absolute atomic E-state index is 0.0816. The average molecular weight is 437 g/mol. The highest BCUT2D eigenvalue weighted by molar-refractivity contribution is 7.89. The molecule has 2 fully saturated rings. The van der Waals surface area contributed by atoms with Gasteiger partial charge in [-0.25, -0.2) is 13.2 Å². The molecule has 1 aromatic rings. The predicted molar refractivity (Wildman–Crippen MR) is 114 cm³/mol. The number of carbonyl (C=O) groups excluding carboxylic acids is 2. The van der Waals surface area contributed by atoms with Gasteiger partial charge in [-0.3, -0.25) is 4.79 Å². The van der Waals surface area contributed by atoms with Crippen molar-refractivity contribution in [3.8, 4) is 0 Å². The van der Waals surface area contributed by atoms with Crippen molar-refractivity contribution in [2.24, 2.45) is 0 Å². The number of carbonyl (C=O) groups is 2. The van der Waals surface area contributed by atoms with E-state index in [0.29, 0.717) is 13.1 Å². The molecule has 1 amide bonds. The Morgan fingerprint density at radius 2 is 1.67 bits per heavy atom. The van der Waals surface area contributed by atoms with E-state index < -0.39 is 22.1 Å². The second kappa shape index (κ2) is 10.4. The Balaban J connectivity index is 1.64. The van der Waals surface area contributed by atoms with Gasteiger partial charge in [-0.15, -0.1) is 0 Å². The molecule has 2 aliphatic rings. The maximum Gasteiger partial charge on any atom is 0.338 e. The molecule has 1 aromatic carbocycles. The lowest BCUT2D eigenvalue weighted by molar-refractivity contribution is -0.130. The van der Waals surface area contributed by atoms with Gasteiger partial charge in [0.2, 0.25) is 10.0 Å². The van der Waals surface area contributed by atoms with Crippen molar-refractivity contribution in [3.63, 3.8) is 0 Å². The quantitative estimate of drug-likeness (QED) is 0.691. The Hall–Kier alpha value is -1.93. The summed E-state index contributed by atoms with van der Waals surface area (Å²) >= 11 is 0. The lowest BCUT2D eigenvalue weighted by Crippen LogP contribution is -2.42. The third kappa shape index (κ3) is 5.82. The van der Waals surface area contributed by atoms with Crippen LogP contribution in [0.5, 0.6) is 0 Å². The standard InChI is InChI=1S/C22H32N2O5S/c1-17(21(25)23-19-11-5-4-6-12-19)29-22(26)18-10-9-13-20(16-18)30(27,28)24-14-7-2-3-8-15-24/h9-10,13,16-17,19H,2-8,11-12,14-15H2,1H3,(H,23,25). The van der Waals surface area contributed by atoms with Gasteiger partial charge in [0.25, 0.3) is 5.91 Å². The Kier molecular flexibility index (Phi) is 7.88. The second-order valence-corrected chi connectivity index (χ2v) is 10.2. The van der Waals surface area contributed by atoms with Gasteiger partial charge in [0, 0.05) is 19.1 Å². The summed E-state index contributed by atoms with van der Waals surface area (Å²) in [7, 11) is -3.66. The fourth-order valence-electron chi connectivity index (χ4n) is 4.06. The highest BCUT2D eigenvalue weighted by Crippen LogP contribution is 2.22. The molecule has 30 heavy (non-hydrogen) atoms. The van der Waals surface area contributed by atoms with Gasteiger partial charge in [0.15, 0.2) is 6.10 Å². The van der Waals surface area contributed by atoms with Gasteiger partial charge in [-0.1, -0.05) is 38.2 Å². The number of amides is 1. The SMILES string of the molecule is CC(OC(=O)c1cccc(S(=O)(=O)N2CCCCCC2)c1)C(=O)NC1CCCCC1. The number of nitrogens with one attached hydrogen (secondary N) is 1. The molecule has 166 valence electrons.